The number of nitrogens with one attached hydrogen (secondary N) is 1. The van der Waals surface area contributed by atoms with Crippen molar-refractivity contribution in [3.63, 3.8) is 0 Å². The summed E-state index contributed by atoms with van der Waals surface area (Å²) >= 11 is 12.2. The van der Waals surface area contributed by atoms with Gasteiger partial charge in [0.25, 0.3) is 10.0 Å². The lowest BCUT2D eigenvalue weighted by Crippen LogP contribution is -2.38. The molecule has 0 unspecified atom stereocenters. The Morgan fingerprint density at radius 3 is 2.20 bits per heavy atom. The minimum atomic E-state index is -4.04. The minimum Gasteiger partial charge on any atom is -0.324 e. The van der Waals surface area contributed by atoms with E-state index in [0.29, 0.717) is 5.69 Å². The molecule has 0 saturated carbocycles. The molecule has 8 heteroatoms. The van der Waals surface area contributed by atoms with Gasteiger partial charge in [-0.1, -0.05) is 53.5 Å². The van der Waals surface area contributed by atoms with Gasteiger partial charge in [-0.05, 0) is 61.4 Å². The number of amides is 1. The molecular weight excluding hydrogens is 443 g/mol. The van der Waals surface area contributed by atoms with Gasteiger partial charge in [-0.15, -0.1) is 0 Å². The molecule has 1 amide bonds. The largest absolute Gasteiger partial charge is 0.324 e. The van der Waals surface area contributed by atoms with Gasteiger partial charge in [0.1, 0.15) is 6.54 Å². The summed E-state index contributed by atoms with van der Waals surface area (Å²) in [5.74, 6) is -0.487. The van der Waals surface area contributed by atoms with E-state index in [1.165, 1.54) is 30.3 Å². The van der Waals surface area contributed by atoms with E-state index >= 15 is 0 Å². The molecule has 0 aliphatic rings. The van der Waals surface area contributed by atoms with Crippen LogP contribution in [0.4, 0.5) is 11.4 Å². The van der Waals surface area contributed by atoms with Gasteiger partial charge in [-0.25, -0.2) is 8.42 Å². The van der Waals surface area contributed by atoms with Crippen LogP contribution in [0.2, 0.25) is 10.0 Å². The number of carbonyl (C=O) groups is 1. The lowest BCUT2D eigenvalue weighted by molar-refractivity contribution is -0.114. The van der Waals surface area contributed by atoms with Gasteiger partial charge in [-0.2, -0.15) is 0 Å². The van der Waals surface area contributed by atoms with Gasteiger partial charge in [0.15, 0.2) is 0 Å². The number of sulfonamides is 1. The molecule has 1 N–H and O–H groups in total. The van der Waals surface area contributed by atoms with Crippen molar-refractivity contribution in [3.05, 3.63) is 87.9 Å². The van der Waals surface area contributed by atoms with Crippen molar-refractivity contribution >= 4 is 50.5 Å². The van der Waals surface area contributed by atoms with Crippen LogP contribution in [0.5, 0.6) is 0 Å². The quantitative estimate of drug-likeness (QED) is 0.529. The van der Waals surface area contributed by atoms with E-state index in [2.05, 4.69) is 5.32 Å². The van der Waals surface area contributed by atoms with Crippen LogP contribution in [0.3, 0.4) is 0 Å². The predicted octanol–water partition coefficient (Wildman–Crippen LogP) is 5.44. The van der Waals surface area contributed by atoms with Crippen LogP contribution in [-0.2, 0) is 14.8 Å². The van der Waals surface area contributed by atoms with Crippen molar-refractivity contribution in [2.45, 2.75) is 18.7 Å². The van der Waals surface area contributed by atoms with Crippen LogP contribution in [0.25, 0.3) is 0 Å². The van der Waals surface area contributed by atoms with Crippen LogP contribution in [-0.4, -0.2) is 20.9 Å². The fraction of sp³-hybridized carbons (Fsp3) is 0.136. The standard InChI is InChI=1S/C22H20Cl2N2O3S/c1-15-8-9-16(2)21(10-15)25-22(27)14-26(19-12-17(23)11-18(24)13-19)30(28,29)20-6-4-3-5-7-20/h3-13H,14H2,1-2H3,(H,25,27). The van der Waals surface area contributed by atoms with Crippen LogP contribution >= 0.6 is 23.2 Å². The molecule has 0 aliphatic heterocycles. The lowest BCUT2D eigenvalue weighted by atomic mass is 10.1. The first-order valence-electron chi connectivity index (χ1n) is 9.08. The summed E-state index contributed by atoms with van der Waals surface area (Å²) in [4.78, 5) is 12.9. The Labute approximate surface area is 186 Å². The Kier molecular flexibility index (Phi) is 6.71. The normalized spacial score (nSPS) is 11.2. The Balaban J connectivity index is 1.99. The summed E-state index contributed by atoms with van der Waals surface area (Å²) in [5.41, 5.74) is 2.68. The minimum absolute atomic E-state index is 0.0561. The maximum absolute atomic E-state index is 13.3. The number of rotatable bonds is 6. The number of anilines is 2. The number of hydrogen-bond acceptors (Lipinski definition) is 3. The highest BCUT2D eigenvalue weighted by Gasteiger charge is 2.27. The van der Waals surface area contributed by atoms with E-state index in [4.69, 9.17) is 23.2 Å². The second-order valence-electron chi connectivity index (χ2n) is 6.82. The molecule has 0 fully saturated rings. The average Bonchev–Trinajstić information content (AvgIpc) is 2.68. The van der Waals surface area contributed by atoms with Gasteiger partial charge in [0.2, 0.25) is 5.91 Å². The SMILES string of the molecule is Cc1ccc(C)c(NC(=O)CN(c2cc(Cl)cc(Cl)c2)S(=O)(=O)c2ccccc2)c1. The zero-order valence-corrected chi connectivity index (χ0v) is 18.7. The number of carbonyl (C=O) groups excluding carboxylic acids is 1. The van der Waals surface area contributed by atoms with Gasteiger partial charge in [-0.3, -0.25) is 9.10 Å². The molecule has 3 aromatic carbocycles. The van der Waals surface area contributed by atoms with Crippen molar-refractivity contribution in [1.29, 1.82) is 0 Å². The maximum Gasteiger partial charge on any atom is 0.264 e. The second-order valence-corrected chi connectivity index (χ2v) is 9.55. The first-order chi connectivity index (χ1) is 14.2. The molecule has 0 atom stereocenters. The zero-order valence-electron chi connectivity index (χ0n) is 16.4. The second kappa shape index (κ2) is 9.08. The molecule has 30 heavy (non-hydrogen) atoms. The topological polar surface area (TPSA) is 66.5 Å². The Morgan fingerprint density at radius 1 is 0.933 bits per heavy atom. The van der Waals surface area contributed by atoms with Gasteiger partial charge in [0.05, 0.1) is 10.6 Å². The number of hydrogen-bond donors (Lipinski definition) is 1. The summed E-state index contributed by atoms with van der Waals surface area (Å²) in [6, 6.07) is 18.0. The van der Waals surface area contributed by atoms with Crippen molar-refractivity contribution in [2.24, 2.45) is 0 Å². The first-order valence-corrected chi connectivity index (χ1v) is 11.3. The van der Waals surface area contributed by atoms with E-state index in [1.54, 1.807) is 18.2 Å². The molecule has 0 spiro atoms. The number of nitrogens with zero attached hydrogens (tertiary/aromatic N) is 1. The van der Waals surface area contributed by atoms with E-state index in [0.717, 1.165) is 15.4 Å². The Morgan fingerprint density at radius 2 is 1.57 bits per heavy atom. The average molecular weight is 463 g/mol. The highest BCUT2D eigenvalue weighted by molar-refractivity contribution is 7.92. The fourth-order valence-electron chi connectivity index (χ4n) is 2.91. The summed E-state index contributed by atoms with van der Waals surface area (Å²) in [6.45, 7) is 3.33. The Hall–Kier alpha value is -2.54. The number of halogens is 2. The summed E-state index contributed by atoms with van der Waals surface area (Å²) in [7, 11) is -4.04. The third-order valence-corrected chi connectivity index (χ3v) is 6.65. The molecule has 156 valence electrons. The summed E-state index contributed by atoms with van der Waals surface area (Å²) < 4.78 is 27.6. The molecule has 3 rings (SSSR count). The van der Waals surface area contributed by atoms with E-state index in [-0.39, 0.29) is 20.6 Å². The summed E-state index contributed by atoms with van der Waals surface area (Å²) in [5, 5.41) is 3.32. The highest BCUT2D eigenvalue weighted by Crippen LogP contribution is 2.29. The van der Waals surface area contributed by atoms with Crippen LogP contribution < -0.4 is 9.62 Å². The van der Waals surface area contributed by atoms with Crippen molar-refractivity contribution in [2.75, 3.05) is 16.2 Å². The molecular formula is C22H20Cl2N2O3S. The number of benzene rings is 3. The van der Waals surface area contributed by atoms with E-state index in [1.807, 2.05) is 32.0 Å². The van der Waals surface area contributed by atoms with Gasteiger partial charge < -0.3 is 5.32 Å². The van der Waals surface area contributed by atoms with Crippen molar-refractivity contribution < 1.29 is 13.2 Å². The molecule has 0 aromatic heterocycles. The third kappa shape index (κ3) is 5.14. The van der Waals surface area contributed by atoms with E-state index < -0.39 is 22.5 Å². The van der Waals surface area contributed by atoms with Crippen molar-refractivity contribution in [3.8, 4) is 0 Å². The Bertz CT molecular complexity index is 1160. The van der Waals surface area contributed by atoms with Crippen molar-refractivity contribution in [1.82, 2.24) is 0 Å². The van der Waals surface area contributed by atoms with Gasteiger partial charge in [0, 0.05) is 15.7 Å². The molecule has 0 radical (unpaired) electrons. The first kappa shape index (κ1) is 22.2. The summed E-state index contributed by atoms with van der Waals surface area (Å²) in [6.07, 6.45) is 0. The fourth-order valence-corrected chi connectivity index (χ4v) is 4.85. The predicted molar refractivity (Wildman–Crippen MR) is 122 cm³/mol. The monoisotopic (exact) mass is 462 g/mol. The molecule has 5 nitrogen and oxygen atoms in total. The highest BCUT2D eigenvalue weighted by atomic mass is 35.5. The zero-order chi connectivity index (χ0) is 21.9. The molecule has 0 heterocycles. The smallest absolute Gasteiger partial charge is 0.264 e. The molecule has 0 saturated heterocycles. The van der Waals surface area contributed by atoms with Gasteiger partial charge >= 0.3 is 0 Å². The molecule has 0 aliphatic carbocycles. The van der Waals surface area contributed by atoms with E-state index in [9.17, 15) is 13.2 Å². The maximum atomic E-state index is 13.3. The van der Waals surface area contributed by atoms with Crippen LogP contribution in [0, 0.1) is 13.8 Å². The van der Waals surface area contributed by atoms with Crippen LogP contribution in [0.15, 0.2) is 71.6 Å². The molecule has 0 bridgehead atoms. The third-order valence-electron chi connectivity index (χ3n) is 4.42. The lowest BCUT2D eigenvalue weighted by Gasteiger charge is -2.24. The van der Waals surface area contributed by atoms with Crippen LogP contribution in [0.1, 0.15) is 11.1 Å². The molecule has 3 aromatic rings. The number of aryl methyl sites for hydroxylation is 2.